The number of halogens is 1. The minimum atomic E-state index is -0.150. The van der Waals surface area contributed by atoms with E-state index < -0.39 is 0 Å². The molecule has 5 heteroatoms. The van der Waals surface area contributed by atoms with Gasteiger partial charge in [0.1, 0.15) is 0 Å². The average Bonchev–Trinajstić information content (AvgIpc) is 2.56. The van der Waals surface area contributed by atoms with E-state index in [1.165, 1.54) is 19.3 Å². The SMILES string of the molecule is Nc1cc(NC(=O)c2ccccc2Br)ccc1N1CCCCC1. The number of nitrogens with zero attached hydrogens (tertiary/aromatic N) is 1. The molecule has 3 rings (SSSR count). The highest BCUT2D eigenvalue weighted by atomic mass is 79.9. The van der Waals surface area contributed by atoms with Crippen LogP contribution in [0.25, 0.3) is 0 Å². The van der Waals surface area contributed by atoms with Crippen LogP contribution in [0.15, 0.2) is 46.9 Å². The maximum Gasteiger partial charge on any atom is 0.256 e. The predicted octanol–water partition coefficient (Wildman–Crippen LogP) is 4.27. The number of nitrogen functional groups attached to an aromatic ring is 1. The van der Waals surface area contributed by atoms with Crippen molar-refractivity contribution in [3.63, 3.8) is 0 Å². The number of amides is 1. The van der Waals surface area contributed by atoms with E-state index in [4.69, 9.17) is 5.73 Å². The zero-order valence-corrected chi connectivity index (χ0v) is 14.5. The number of hydrogen-bond donors (Lipinski definition) is 2. The normalized spacial score (nSPS) is 14.6. The molecule has 0 spiro atoms. The molecule has 0 saturated carbocycles. The molecule has 1 amide bonds. The molecule has 120 valence electrons. The monoisotopic (exact) mass is 373 g/mol. The largest absolute Gasteiger partial charge is 0.397 e. The van der Waals surface area contributed by atoms with E-state index in [-0.39, 0.29) is 5.91 Å². The van der Waals surface area contributed by atoms with Crippen molar-refractivity contribution >= 4 is 38.9 Å². The Morgan fingerprint density at radius 1 is 1.09 bits per heavy atom. The summed E-state index contributed by atoms with van der Waals surface area (Å²) < 4.78 is 0.774. The first kappa shape index (κ1) is 15.9. The van der Waals surface area contributed by atoms with Crippen LogP contribution in [-0.2, 0) is 0 Å². The summed E-state index contributed by atoms with van der Waals surface area (Å²) in [4.78, 5) is 14.7. The lowest BCUT2D eigenvalue weighted by atomic mass is 10.1. The number of carbonyl (C=O) groups is 1. The van der Waals surface area contributed by atoms with Crippen molar-refractivity contribution in [3.05, 3.63) is 52.5 Å². The molecule has 0 bridgehead atoms. The van der Waals surface area contributed by atoms with E-state index in [1.807, 2.05) is 36.4 Å². The van der Waals surface area contributed by atoms with Gasteiger partial charge in [-0.2, -0.15) is 0 Å². The van der Waals surface area contributed by atoms with E-state index in [0.717, 1.165) is 23.2 Å². The van der Waals surface area contributed by atoms with Gasteiger partial charge in [-0.05, 0) is 65.5 Å². The summed E-state index contributed by atoms with van der Waals surface area (Å²) in [7, 11) is 0. The van der Waals surface area contributed by atoms with Crippen LogP contribution in [-0.4, -0.2) is 19.0 Å². The molecule has 3 N–H and O–H groups in total. The van der Waals surface area contributed by atoms with Crippen molar-refractivity contribution < 1.29 is 4.79 Å². The van der Waals surface area contributed by atoms with Gasteiger partial charge in [-0.25, -0.2) is 0 Å². The fourth-order valence-corrected chi connectivity index (χ4v) is 3.36. The first-order chi connectivity index (χ1) is 11.1. The standard InChI is InChI=1S/C18H20BrN3O/c19-15-7-3-2-6-14(15)18(23)21-13-8-9-17(16(20)12-13)22-10-4-1-5-11-22/h2-3,6-9,12H,1,4-5,10-11,20H2,(H,21,23). The van der Waals surface area contributed by atoms with E-state index in [0.29, 0.717) is 16.9 Å². The summed E-state index contributed by atoms with van der Waals surface area (Å²) in [6.07, 6.45) is 3.70. The third-order valence-corrected chi connectivity index (χ3v) is 4.79. The van der Waals surface area contributed by atoms with E-state index >= 15 is 0 Å². The van der Waals surface area contributed by atoms with Crippen molar-refractivity contribution in [2.24, 2.45) is 0 Å². The van der Waals surface area contributed by atoms with E-state index in [9.17, 15) is 4.79 Å². The minimum Gasteiger partial charge on any atom is -0.397 e. The highest BCUT2D eigenvalue weighted by Crippen LogP contribution is 2.29. The molecule has 1 aliphatic heterocycles. The fraction of sp³-hybridized carbons (Fsp3) is 0.278. The Bertz CT molecular complexity index is 711. The molecule has 0 atom stereocenters. The number of hydrogen-bond acceptors (Lipinski definition) is 3. The second-order valence-corrected chi connectivity index (χ2v) is 6.61. The molecule has 0 aromatic heterocycles. The summed E-state index contributed by atoms with van der Waals surface area (Å²) in [5, 5.41) is 2.90. The van der Waals surface area contributed by atoms with Crippen molar-refractivity contribution in [1.29, 1.82) is 0 Å². The third kappa shape index (κ3) is 3.67. The Labute approximate surface area is 144 Å². The highest BCUT2D eigenvalue weighted by Gasteiger charge is 2.15. The Morgan fingerprint density at radius 3 is 2.52 bits per heavy atom. The first-order valence-corrected chi connectivity index (χ1v) is 8.65. The maximum absolute atomic E-state index is 12.3. The predicted molar refractivity (Wildman–Crippen MR) is 99.0 cm³/mol. The smallest absolute Gasteiger partial charge is 0.256 e. The lowest BCUT2D eigenvalue weighted by molar-refractivity contribution is 0.102. The lowest BCUT2D eigenvalue weighted by Gasteiger charge is -2.30. The van der Waals surface area contributed by atoms with Crippen LogP contribution in [0.1, 0.15) is 29.6 Å². The van der Waals surface area contributed by atoms with Crippen molar-refractivity contribution in [3.8, 4) is 0 Å². The molecule has 4 nitrogen and oxygen atoms in total. The van der Waals surface area contributed by atoms with Gasteiger partial charge >= 0.3 is 0 Å². The van der Waals surface area contributed by atoms with Crippen LogP contribution < -0.4 is 16.0 Å². The van der Waals surface area contributed by atoms with Crippen LogP contribution in [0, 0.1) is 0 Å². The summed E-state index contributed by atoms with van der Waals surface area (Å²) in [5.74, 6) is -0.150. The van der Waals surface area contributed by atoms with Gasteiger partial charge in [-0.3, -0.25) is 4.79 Å². The number of piperidine rings is 1. The molecule has 23 heavy (non-hydrogen) atoms. The number of nitrogens with two attached hydrogens (primary N) is 1. The van der Waals surface area contributed by atoms with E-state index in [1.54, 1.807) is 6.07 Å². The van der Waals surface area contributed by atoms with Gasteiger partial charge < -0.3 is 16.0 Å². The average molecular weight is 374 g/mol. The molecule has 1 saturated heterocycles. The lowest BCUT2D eigenvalue weighted by Crippen LogP contribution is -2.30. The van der Waals surface area contributed by atoms with Gasteiger partial charge in [0.2, 0.25) is 0 Å². The summed E-state index contributed by atoms with van der Waals surface area (Å²) >= 11 is 3.40. The Balaban J connectivity index is 1.75. The van der Waals surface area contributed by atoms with Gasteiger partial charge in [0, 0.05) is 23.2 Å². The van der Waals surface area contributed by atoms with Crippen molar-refractivity contribution in [2.45, 2.75) is 19.3 Å². The second kappa shape index (κ2) is 7.04. The molecular formula is C18H20BrN3O. The van der Waals surface area contributed by atoms with Crippen molar-refractivity contribution in [2.75, 3.05) is 29.0 Å². The van der Waals surface area contributed by atoms with Gasteiger partial charge in [-0.1, -0.05) is 12.1 Å². The molecule has 0 radical (unpaired) electrons. The number of carbonyl (C=O) groups excluding carboxylic acids is 1. The Kier molecular flexibility index (Phi) is 4.86. The number of rotatable bonds is 3. The maximum atomic E-state index is 12.3. The van der Waals surface area contributed by atoms with Gasteiger partial charge in [-0.15, -0.1) is 0 Å². The van der Waals surface area contributed by atoms with Crippen LogP contribution in [0.4, 0.5) is 17.1 Å². The van der Waals surface area contributed by atoms with Gasteiger partial charge in [0.05, 0.1) is 16.9 Å². The molecule has 0 aliphatic carbocycles. The van der Waals surface area contributed by atoms with Gasteiger partial charge in [0.15, 0.2) is 0 Å². The number of benzene rings is 2. The molecule has 1 heterocycles. The Hall–Kier alpha value is -2.01. The van der Waals surface area contributed by atoms with Crippen LogP contribution >= 0.6 is 15.9 Å². The number of anilines is 3. The molecule has 1 fully saturated rings. The third-order valence-electron chi connectivity index (χ3n) is 4.10. The summed E-state index contributed by atoms with van der Waals surface area (Å²) in [5.41, 5.74) is 9.27. The summed E-state index contributed by atoms with van der Waals surface area (Å²) in [6, 6.07) is 13.1. The zero-order chi connectivity index (χ0) is 16.2. The summed E-state index contributed by atoms with van der Waals surface area (Å²) in [6.45, 7) is 2.10. The van der Waals surface area contributed by atoms with Crippen LogP contribution in [0.2, 0.25) is 0 Å². The molecular weight excluding hydrogens is 354 g/mol. The Morgan fingerprint density at radius 2 is 1.83 bits per heavy atom. The zero-order valence-electron chi connectivity index (χ0n) is 12.9. The van der Waals surface area contributed by atoms with E-state index in [2.05, 4.69) is 26.1 Å². The second-order valence-electron chi connectivity index (χ2n) is 5.76. The fourth-order valence-electron chi connectivity index (χ4n) is 2.90. The quantitative estimate of drug-likeness (QED) is 0.789. The van der Waals surface area contributed by atoms with Crippen LogP contribution in [0.3, 0.4) is 0 Å². The molecule has 0 unspecified atom stereocenters. The van der Waals surface area contributed by atoms with Crippen LogP contribution in [0.5, 0.6) is 0 Å². The molecule has 1 aliphatic rings. The molecule has 2 aromatic rings. The minimum absolute atomic E-state index is 0.150. The number of nitrogens with one attached hydrogen (secondary N) is 1. The van der Waals surface area contributed by atoms with Crippen molar-refractivity contribution in [1.82, 2.24) is 0 Å². The van der Waals surface area contributed by atoms with Gasteiger partial charge in [0.25, 0.3) is 5.91 Å². The topological polar surface area (TPSA) is 58.4 Å². The first-order valence-electron chi connectivity index (χ1n) is 7.85. The highest BCUT2D eigenvalue weighted by molar-refractivity contribution is 9.10. The molecule has 2 aromatic carbocycles.